The van der Waals surface area contributed by atoms with Gasteiger partial charge in [-0.05, 0) is 31.5 Å². The van der Waals surface area contributed by atoms with Crippen LogP contribution in [-0.2, 0) is 4.84 Å². The van der Waals surface area contributed by atoms with E-state index in [1.54, 1.807) is 7.11 Å². The predicted molar refractivity (Wildman–Crippen MR) is 56.2 cm³/mol. The van der Waals surface area contributed by atoms with Gasteiger partial charge < -0.3 is 9.57 Å². The Balaban J connectivity index is 2.57. The molecule has 0 radical (unpaired) electrons. The van der Waals surface area contributed by atoms with E-state index in [-0.39, 0.29) is 6.04 Å². The highest BCUT2D eigenvalue weighted by molar-refractivity contribution is 5.28. The summed E-state index contributed by atoms with van der Waals surface area (Å²) in [7, 11) is 1.66. The fraction of sp³-hybridized carbons (Fsp3) is 0.455. The van der Waals surface area contributed by atoms with Gasteiger partial charge in [0.1, 0.15) is 5.75 Å². The van der Waals surface area contributed by atoms with Crippen molar-refractivity contribution in [3.8, 4) is 5.75 Å². The fourth-order valence-electron chi connectivity index (χ4n) is 1.17. The highest BCUT2D eigenvalue weighted by atomic mass is 16.6. The Morgan fingerprint density at radius 2 is 1.93 bits per heavy atom. The van der Waals surface area contributed by atoms with Gasteiger partial charge in [0.05, 0.1) is 19.8 Å². The molecule has 0 fully saturated rings. The van der Waals surface area contributed by atoms with Gasteiger partial charge in [-0.2, -0.15) is 5.48 Å². The number of rotatable bonds is 5. The summed E-state index contributed by atoms with van der Waals surface area (Å²) in [6.07, 6.45) is 0. The number of hydrogen-bond donors (Lipinski definition) is 1. The molecule has 1 aromatic carbocycles. The third kappa shape index (κ3) is 3.01. The third-order valence-electron chi connectivity index (χ3n) is 2.02. The minimum Gasteiger partial charge on any atom is -0.497 e. The van der Waals surface area contributed by atoms with Crippen LogP contribution >= 0.6 is 0 Å². The number of hydroxylamine groups is 1. The van der Waals surface area contributed by atoms with Crippen LogP contribution in [0.2, 0.25) is 0 Å². The number of ether oxygens (including phenoxy) is 1. The molecule has 0 heterocycles. The van der Waals surface area contributed by atoms with Gasteiger partial charge >= 0.3 is 0 Å². The van der Waals surface area contributed by atoms with E-state index in [9.17, 15) is 0 Å². The van der Waals surface area contributed by atoms with Gasteiger partial charge in [-0.3, -0.25) is 0 Å². The second-order valence-corrected chi connectivity index (χ2v) is 3.05. The van der Waals surface area contributed by atoms with Gasteiger partial charge in [0.2, 0.25) is 0 Å². The Kier molecular flexibility index (Phi) is 4.43. The largest absolute Gasteiger partial charge is 0.497 e. The molecule has 0 aliphatic heterocycles. The summed E-state index contributed by atoms with van der Waals surface area (Å²) in [5.41, 5.74) is 4.13. The molecule has 0 saturated heterocycles. The normalized spacial score (nSPS) is 12.5. The standard InChI is InChI=1S/C11H17NO2/c1-4-14-12-9(2)10-5-7-11(13-3)8-6-10/h5-9,12H,4H2,1-3H3/t9-/m0/s1. The Hall–Kier alpha value is -1.06. The van der Waals surface area contributed by atoms with E-state index in [0.717, 1.165) is 5.75 Å². The molecule has 1 aromatic rings. The van der Waals surface area contributed by atoms with Crippen LogP contribution in [0, 0.1) is 0 Å². The number of methoxy groups -OCH3 is 1. The molecule has 0 saturated carbocycles. The van der Waals surface area contributed by atoms with Crippen LogP contribution in [0.3, 0.4) is 0 Å². The molecule has 3 heteroatoms. The van der Waals surface area contributed by atoms with Crippen molar-refractivity contribution in [2.75, 3.05) is 13.7 Å². The molecule has 78 valence electrons. The molecule has 0 spiro atoms. The summed E-state index contributed by atoms with van der Waals surface area (Å²) in [6.45, 7) is 4.67. The molecule has 0 aliphatic carbocycles. The van der Waals surface area contributed by atoms with Crippen LogP contribution in [0.1, 0.15) is 25.5 Å². The van der Waals surface area contributed by atoms with Gasteiger partial charge in [0, 0.05) is 0 Å². The molecule has 1 atom stereocenters. The van der Waals surface area contributed by atoms with Crippen LogP contribution in [0.4, 0.5) is 0 Å². The summed E-state index contributed by atoms with van der Waals surface area (Å²) < 4.78 is 5.08. The van der Waals surface area contributed by atoms with Crippen molar-refractivity contribution < 1.29 is 9.57 Å². The maximum absolute atomic E-state index is 5.13. The summed E-state index contributed by atoms with van der Waals surface area (Å²) in [6, 6.07) is 8.13. The lowest BCUT2D eigenvalue weighted by molar-refractivity contribution is 0.0285. The molecule has 0 aliphatic rings. The van der Waals surface area contributed by atoms with Crippen molar-refractivity contribution in [1.82, 2.24) is 5.48 Å². The van der Waals surface area contributed by atoms with Crippen molar-refractivity contribution in [2.45, 2.75) is 19.9 Å². The average molecular weight is 195 g/mol. The number of benzene rings is 1. The summed E-state index contributed by atoms with van der Waals surface area (Å²) in [5.74, 6) is 0.873. The van der Waals surface area contributed by atoms with E-state index >= 15 is 0 Å². The van der Waals surface area contributed by atoms with Gasteiger partial charge in [-0.15, -0.1) is 0 Å². The van der Waals surface area contributed by atoms with Crippen LogP contribution in [0.25, 0.3) is 0 Å². The Morgan fingerprint density at radius 3 is 2.43 bits per heavy atom. The molecule has 0 amide bonds. The zero-order chi connectivity index (χ0) is 10.4. The van der Waals surface area contributed by atoms with Gasteiger partial charge in [0.25, 0.3) is 0 Å². The Bertz CT molecular complexity index is 258. The lowest BCUT2D eigenvalue weighted by Crippen LogP contribution is -2.18. The summed E-state index contributed by atoms with van der Waals surface area (Å²) in [5, 5.41) is 0. The maximum Gasteiger partial charge on any atom is 0.118 e. The molecular formula is C11H17NO2. The topological polar surface area (TPSA) is 30.5 Å². The minimum absolute atomic E-state index is 0.195. The van der Waals surface area contributed by atoms with Crippen LogP contribution in [-0.4, -0.2) is 13.7 Å². The van der Waals surface area contributed by atoms with Crippen molar-refractivity contribution >= 4 is 0 Å². The van der Waals surface area contributed by atoms with Gasteiger partial charge in [0.15, 0.2) is 0 Å². The van der Waals surface area contributed by atoms with E-state index in [2.05, 4.69) is 12.4 Å². The third-order valence-corrected chi connectivity index (χ3v) is 2.02. The quantitative estimate of drug-likeness (QED) is 0.731. The zero-order valence-electron chi connectivity index (χ0n) is 8.91. The van der Waals surface area contributed by atoms with Crippen molar-refractivity contribution in [1.29, 1.82) is 0 Å². The zero-order valence-corrected chi connectivity index (χ0v) is 8.91. The lowest BCUT2D eigenvalue weighted by atomic mass is 10.1. The number of nitrogens with one attached hydrogen (secondary N) is 1. The summed E-state index contributed by atoms with van der Waals surface area (Å²) >= 11 is 0. The van der Waals surface area contributed by atoms with Crippen molar-refractivity contribution in [3.05, 3.63) is 29.8 Å². The van der Waals surface area contributed by atoms with Crippen LogP contribution < -0.4 is 10.2 Å². The number of hydrogen-bond acceptors (Lipinski definition) is 3. The molecule has 0 aromatic heterocycles. The first kappa shape index (κ1) is 11.0. The molecule has 0 bridgehead atoms. The smallest absolute Gasteiger partial charge is 0.118 e. The van der Waals surface area contributed by atoms with Crippen LogP contribution in [0.15, 0.2) is 24.3 Å². The predicted octanol–water partition coefficient (Wildman–Crippen LogP) is 2.30. The first-order valence-electron chi connectivity index (χ1n) is 4.79. The van der Waals surface area contributed by atoms with E-state index < -0.39 is 0 Å². The lowest BCUT2D eigenvalue weighted by Gasteiger charge is -2.13. The highest BCUT2D eigenvalue weighted by Gasteiger charge is 2.03. The SMILES string of the molecule is CCON[C@@H](C)c1ccc(OC)cc1. The first-order valence-corrected chi connectivity index (χ1v) is 4.79. The average Bonchev–Trinajstić information content (AvgIpc) is 2.26. The van der Waals surface area contributed by atoms with Crippen molar-refractivity contribution in [2.24, 2.45) is 0 Å². The second kappa shape index (κ2) is 5.62. The fourth-order valence-corrected chi connectivity index (χ4v) is 1.17. The molecule has 3 nitrogen and oxygen atoms in total. The molecule has 14 heavy (non-hydrogen) atoms. The van der Waals surface area contributed by atoms with Crippen LogP contribution in [0.5, 0.6) is 5.75 Å². The summed E-state index contributed by atoms with van der Waals surface area (Å²) in [4.78, 5) is 5.13. The van der Waals surface area contributed by atoms with Gasteiger partial charge in [-0.25, -0.2) is 0 Å². The second-order valence-electron chi connectivity index (χ2n) is 3.05. The monoisotopic (exact) mass is 195 g/mol. The molecular weight excluding hydrogens is 178 g/mol. The highest BCUT2D eigenvalue weighted by Crippen LogP contribution is 2.16. The molecule has 1 rings (SSSR count). The van der Waals surface area contributed by atoms with E-state index in [1.165, 1.54) is 5.56 Å². The Morgan fingerprint density at radius 1 is 1.29 bits per heavy atom. The molecule has 1 N–H and O–H groups in total. The maximum atomic E-state index is 5.13. The Labute approximate surface area is 85.0 Å². The van der Waals surface area contributed by atoms with Gasteiger partial charge in [-0.1, -0.05) is 12.1 Å². The first-order chi connectivity index (χ1) is 6.77. The van der Waals surface area contributed by atoms with E-state index in [0.29, 0.717) is 6.61 Å². The minimum atomic E-state index is 0.195. The van der Waals surface area contributed by atoms with E-state index in [1.807, 2.05) is 31.2 Å². The van der Waals surface area contributed by atoms with Crippen molar-refractivity contribution in [3.63, 3.8) is 0 Å². The molecule has 0 unspecified atom stereocenters. The van der Waals surface area contributed by atoms with E-state index in [4.69, 9.17) is 9.57 Å².